The van der Waals surface area contributed by atoms with Gasteiger partial charge in [0.25, 0.3) is 0 Å². The minimum absolute atomic E-state index is 0.0875. The lowest BCUT2D eigenvalue weighted by Gasteiger charge is -2.35. The highest BCUT2D eigenvalue weighted by atomic mass is 19.1. The van der Waals surface area contributed by atoms with Crippen molar-refractivity contribution in [2.24, 2.45) is 5.84 Å². The van der Waals surface area contributed by atoms with Crippen molar-refractivity contribution in [2.45, 2.75) is 25.3 Å². The summed E-state index contributed by atoms with van der Waals surface area (Å²) in [6.07, 6.45) is 0. The van der Waals surface area contributed by atoms with Gasteiger partial charge in [-0.1, -0.05) is 56.3 Å². The van der Waals surface area contributed by atoms with Gasteiger partial charge in [0.05, 0.1) is 6.04 Å². The van der Waals surface area contributed by atoms with Crippen molar-refractivity contribution >= 4 is 0 Å². The maximum absolute atomic E-state index is 13.0. The van der Waals surface area contributed by atoms with Gasteiger partial charge < -0.3 is 0 Å². The van der Waals surface area contributed by atoms with Gasteiger partial charge >= 0.3 is 0 Å². The average Bonchev–Trinajstić information content (AvgIpc) is 2.42. The standard InChI is InChI=1S/C16H19FN2/c1-16(2,13-6-4-3-5-7-13)15(19-18)12-8-10-14(17)11-9-12/h3-11,15,19H,18H2,1-2H3. The first-order valence-electron chi connectivity index (χ1n) is 6.33. The largest absolute Gasteiger partial charge is 0.271 e. The van der Waals surface area contributed by atoms with Crippen molar-refractivity contribution in [3.63, 3.8) is 0 Å². The lowest BCUT2D eigenvalue weighted by atomic mass is 9.75. The minimum atomic E-state index is -0.239. The summed E-state index contributed by atoms with van der Waals surface area (Å²) < 4.78 is 13.0. The van der Waals surface area contributed by atoms with Gasteiger partial charge in [0.15, 0.2) is 0 Å². The van der Waals surface area contributed by atoms with Gasteiger partial charge in [-0.3, -0.25) is 11.3 Å². The fourth-order valence-corrected chi connectivity index (χ4v) is 2.41. The molecule has 0 bridgehead atoms. The van der Waals surface area contributed by atoms with E-state index < -0.39 is 0 Å². The molecule has 2 nitrogen and oxygen atoms in total. The number of halogens is 1. The van der Waals surface area contributed by atoms with E-state index >= 15 is 0 Å². The molecule has 3 N–H and O–H groups in total. The summed E-state index contributed by atoms with van der Waals surface area (Å²) in [6, 6.07) is 16.5. The topological polar surface area (TPSA) is 38.0 Å². The van der Waals surface area contributed by atoms with Crippen LogP contribution in [-0.4, -0.2) is 0 Å². The summed E-state index contributed by atoms with van der Waals surface area (Å²) in [5, 5.41) is 0. The number of hydrazine groups is 1. The number of nitrogens with one attached hydrogen (secondary N) is 1. The Morgan fingerprint density at radius 1 is 1.00 bits per heavy atom. The lowest BCUT2D eigenvalue weighted by Crippen LogP contribution is -2.41. The van der Waals surface area contributed by atoms with Crippen LogP contribution < -0.4 is 11.3 Å². The predicted molar refractivity (Wildman–Crippen MR) is 75.9 cm³/mol. The molecule has 0 amide bonds. The van der Waals surface area contributed by atoms with Crippen LogP contribution in [0.25, 0.3) is 0 Å². The summed E-state index contributed by atoms with van der Waals surface area (Å²) >= 11 is 0. The maximum atomic E-state index is 13.0. The summed E-state index contributed by atoms with van der Waals surface area (Å²) in [7, 11) is 0. The summed E-state index contributed by atoms with van der Waals surface area (Å²) in [6.45, 7) is 4.24. The first kappa shape index (κ1) is 13.7. The molecule has 3 heteroatoms. The Balaban J connectivity index is 2.38. The second-order valence-electron chi connectivity index (χ2n) is 5.24. The van der Waals surface area contributed by atoms with Gasteiger partial charge in [0, 0.05) is 5.41 Å². The third-order valence-electron chi connectivity index (χ3n) is 3.61. The third kappa shape index (κ3) is 2.83. The normalized spacial score (nSPS) is 13.3. The van der Waals surface area contributed by atoms with Crippen LogP contribution in [0.5, 0.6) is 0 Å². The first-order valence-corrected chi connectivity index (χ1v) is 6.33. The van der Waals surface area contributed by atoms with E-state index in [9.17, 15) is 4.39 Å². The maximum Gasteiger partial charge on any atom is 0.123 e. The molecule has 0 fully saturated rings. The van der Waals surface area contributed by atoms with Gasteiger partial charge in [0.1, 0.15) is 5.82 Å². The van der Waals surface area contributed by atoms with Gasteiger partial charge in [-0.2, -0.15) is 0 Å². The van der Waals surface area contributed by atoms with Crippen molar-refractivity contribution in [1.82, 2.24) is 5.43 Å². The number of rotatable bonds is 4. The average molecular weight is 258 g/mol. The van der Waals surface area contributed by atoms with Gasteiger partial charge in [-0.25, -0.2) is 4.39 Å². The zero-order valence-corrected chi connectivity index (χ0v) is 11.2. The molecule has 2 aromatic carbocycles. The van der Waals surface area contributed by atoms with E-state index in [-0.39, 0.29) is 17.3 Å². The van der Waals surface area contributed by atoms with Gasteiger partial charge in [-0.05, 0) is 23.3 Å². The minimum Gasteiger partial charge on any atom is -0.271 e. The first-order chi connectivity index (χ1) is 9.05. The molecule has 19 heavy (non-hydrogen) atoms. The zero-order valence-electron chi connectivity index (χ0n) is 11.2. The molecule has 0 aromatic heterocycles. The summed E-state index contributed by atoms with van der Waals surface area (Å²) in [4.78, 5) is 0. The number of benzene rings is 2. The molecule has 1 atom stereocenters. The molecule has 0 saturated carbocycles. The van der Waals surface area contributed by atoms with Crippen LogP contribution in [0.4, 0.5) is 4.39 Å². The van der Waals surface area contributed by atoms with Crippen molar-refractivity contribution in [3.8, 4) is 0 Å². The van der Waals surface area contributed by atoms with Gasteiger partial charge in [-0.15, -0.1) is 0 Å². The molecular formula is C16H19FN2. The summed E-state index contributed by atoms with van der Waals surface area (Å²) in [5.41, 5.74) is 4.81. The quantitative estimate of drug-likeness (QED) is 0.652. The zero-order chi connectivity index (χ0) is 13.9. The molecule has 2 aromatic rings. The van der Waals surface area contributed by atoms with E-state index in [1.54, 1.807) is 12.1 Å². The Bertz CT molecular complexity index is 520. The van der Waals surface area contributed by atoms with Crippen molar-refractivity contribution in [2.75, 3.05) is 0 Å². The van der Waals surface area contributed by atoms with Crippen molar-refractivity contribution in [1.29, 1.82) is 0 Å². The smallest absolute Gasteiger partial charge is 0.123 e. The molecule has 0 radical (unpaired) electrons. The van der Waals surface area contributed by atoms with E-state index in [0.717, 1.165) is 5.56 Å². The van der Waals surface area contributed by atoms with Crippen LogP contribution >= 0.6 is 0 Å². The highest BCUT2D eigenvalue weighted by molar-refractivity contribution is 5.31. The van der Waals surface area contributed by atoms with Crippen LogP contribution in [0.2, 0.25) is 0 Å². The van der Waals surface area contributed by atoms with E-state index in [1.165, 1.54) is 17.7 Å². The molecule has 0 aliphatic rings. The molecule has 0 spiro atoms. The predicted octanol–water partition coefficient (Wildman–Crippen LogP) is 3.31. The molecular weight excluding hydrogens is 239 g/mol. The SMILES string of the molecule is CC(C)(c1ccccc1)C(NN)c1ccc(F)cc1. The monoisotopic (exact) mass is 258 g/mol. The summed E-state index contributed by atoms with van der Waals surface area (Å²) in [5.74, 6) is 5.48. The highest BCUT2D eigenvalue weighted by Crippen LogP contribution is 2.36. The molecule has 1 unspecified atom stereocenters. The number of nitrogens with two attached hydrogens (primary N) is 1. The Kier molecular flexibility index (Phi) is 3.98. The van der Waals surface area contributed by atoms with Crippen LogP contribution in [0.15, 0.2) is 54.6 Å². The van der Waals surface area contributed by atoms with Crippen molar-refractivity contribution < 1.29 is 4.39 Å². The fourth-order valence-electron chi connectivity index (χ4n) is 2.41. The fraction of sp³-hybridized carbons (Fsp3) is 0.250. The second kappa shape index (κ2) is 5.51. The highest BCUT2D eigenvalue weighted by Gasteiger charge is 2.31. The van der Waals surface area contributed by atoms with Crippen LogP contribution in [0, 0.1) is 5.82 Å². The Labute approximate surface area is 113 Å². The third-order valence-corrected chi connectivity index (χ3v) is 3.61. The van der Waals surface area contributed by atoms with E-state index in [2.05, 4.69) is 31.4 Å². The lowest BCUT2D eigenvalue weighted by molar-refractivity contribution is 0.352. The Morgan fingerprint density at radius 2 is 1.58 bits per heavy atom. The molecule has 2 rings (SSSR count). The molecule has 0 aliphatic heterocycles. The second-order valence-corrected chi connectivity index (χ2v) is 5.24. The van der Waals surface area contributed by atoms with Crippen molar-refractivity contribution in [3.05, 3.63) is 71.5 Å². The van der Waals surface area contributed by atoms with Gasteiger partial charge in [0.2, 0.25) is 0 Å². The van der Waals surface area contributed by atoms with Crippen LogP contribution in [0.1, 0.15) is 31.0 Å². The van der Waals surface area contributed by atoms with E-state index in [0.29, 0.717) is 0 Å². The van der Waals surface area contributed by atoms with E-state index in [1.807, 2.05) is 18.2 Å². The molecule has 100 valence electrons. The molecule has 0 heterocycles. The Hall–Kier alpha value is -1.71. The van der Waals surface area contributed by atoms with Crippen LogP contribution in [0.3, 0.4) is 0 Å². The molecule has 0 aliphatic carbocycles. The number of hydrogen-bond acceptors (Lipinski definition) is 2. The van der Waals surface area contributed by atoms with Crippen LogP contribution in [-0.2, 0) is 5.41 Å². The molecule has 0 saturated heterocycles. The number of hydrogen-bond donors (Lipinski definition) is 2. The Morgan fingerprint density at radius 3 is 2.11 bits per heavy atom. The van der Waals surface area contributed by atoms with E-state index in [4.69, 9.17) is 5.84 Å².